The molecule has 0 amide bonds. The summed E-state index contributed by atoms with van der Waals surface area (Å²) in [5.41, 5.74) is 6.16. The second-order valence-electron chi connectivity index (χ2n) is 3.40. The minimum atomic E-state index is -0.831. The average Bonchev–Trinajstić information content (AvgIpc) is 2.13. The van der Waals surface area contributed by atoms with Crippen LogP contribution in [-0.4, -0.2) is 16.3 Å². The zero-order valence-corrected chi connectivity index (χ0v) is 8.16. The van der Waals surface area contributed by atoms with E-state index in [0.29, 0.717) is 5.56 Å². The maximum atomic E-state index is 13.2. The molecule has 3 nitrogen and oxygen atoms in total. The van der Waals surface area contributed by atoms with Gasteiger partial charge in [-0.05, 0) is 19.4 Å². The summed E-state index contributed by atoms with van der Waals surface area (Å²) >= 11 is 0. The summed E-state index contributed by atoms with van der Waals surface area (Å²) in [7, 11) is 0. The van der Waals surface area contributed by atoms with Crippen LogP contribution in [0.5, 0.6) is 5.75 Å². The number of hydrogen-bond acceptors (Lipinski definition) is 3. The number of nitrogens with two attached hydrogens (primary N) is 1. The molecule has 78 valence electrons. The molecule has 2 unspecified atom stereocenters. The van der Waals surface area contributed by atoms with Crippen LogP contribution in [0.1, 0.15) is 24.1 Å². The standard InChI is InChI=1S/C10H14FNO2/c1-5-3-4-7(9(12)6(2)13)10(14)8(5)11/h3-4,6,9,13-14H,12H2,1-2H3. The van der Waals surface area contributed by atoms with Gasteiger partial charge in [-0.1, -0.05) is 12.1 Å². The van der Waals surface area contributed by atoms with Crippen molar-refractivity contribution in [1.29, 1.82) is 0 Å². The molecule has 1 rings (SSSR count). The molecule has 14 heavy (non-hydrogen) atoms. The van der Waals surface area contributed by atoms with Gasteiger partial charge in [-0.25, -0.2) is 4.39 Å². The van der Waals surface area contributed by atoms with Crippen LogP contribution < -0.4 is 5.73 Å². The van der Waals surface area contributed by atoms with E-state index < -0.39 is 23.7 Å². The van der Waals surface area contributed by atoms with Crippen molar-refractivity contribution in [2.75, 3.05) is 0 Å². The Morgan fingerprint density at radius 3 is 2.50 bits per heavy atom. The van der Waals surface area contributed by atoms with E-state index in [2.05, 4.69) is 0 Å². The number of aromatic hydroxyl groups is 1. The molecule has 0 spiro atoms. The first-order valence-corrected chi connectivity index (χ1v) is 4.36. The number of aryl methyl sites for hydroxylation is 1. The van der Waals surface area contributed by atoms with Crippen molar-refractivity contribution >= 4 is 0 Å². The lowest BCUT2D eigenvalue weighted by Gasteiger charge is -2.17. The highest BCUT2D eigenvalue weighted by atomic mass is 19.1. The minimum absolute atomic E-state index is 0.225. The van der Waals surface area contributed by atoms with E-state index in [9.17, 15) is 14.6 Å². The largest absolute Gasteiger partial charge is 0.505 e. The topological polar surface area (TPSA) is 66.5 Å². The van der Waals surface area contributed by atoms with Crippen LogP contribution in [0.4, 0.5) is 4.39 Å². The SMILES string of the molecule is Cc1ccc(C(N)C(C)O)c(O)c1F. The van der Waals surface area contributed by atoms with Gasteiger partial charge in [-0.2, -0.15) is 0 Å². The first kappa shape index (κ1) is 10.9. The van der Waals surface area contributed by atoms with Gasteiger partial charge in [-0.15, -0.1) is 0 Å². The minimum Gasteiger partial charge on any atom is -0.505 e. The first-order chi connectivity index (χ1) is 6.45. The molecule has 0 heterocycles. The van der Waals surface area contributed by atoms with Crippen molar-refractivity contribution in [3.63, 3.8) is 0 Å². The summed E-state index contributed by atoms with van der Waals surface area (Å²) in [5.74, 6) is -1.16. The molecule has 4 heteroatoms. The lowest BCUT2D eigenvalue weighted by Crippen LogP contribution is -2.23. The van der Waals surface area contributed by atoms with Crippen molar-refractivity contribution in [1.82, 2.24) is 0 Å². The summed E-state index contributed by atoms with van der Waals surface area (Å²) in [6, 6.07) is 2.27. The van der Waals surface area contributed by atoms with E-state index in [1.807, 2.05) is 0 Å². The summed E-state index contributed by atoms with van der Waals surface area (Å²) in [5, 5.41) is 18.6. The Labute approximate surface area is 82.0 Å². The third-order valence-electron chi connectivity index (χ3n) is 2.22. The van der Waals surface area contributed by atoms with Gasteiger partial charge in [0.15, 0.2) is 11.6 Å². The number of phenolic OH excluding ortho intramolecular Hbond substituents is 1. The number of hydrogen-bond donors (Lipinski definition) is 3. The molecule has 4 N–H and O–H groups in total. The molecule has 0 saturated carbocycles. The molecule has 1 aromatic rings. The highest BCUT2D eigenvalue weighted by molar-refractivity contribution is 5.40. The van der Waals surface area contributed by atoms with Gasteiger partial charge in [0, 0.05) is 5.56 Å². The van der Waals surface area contributed by atoms with Crippen LogP contribution in [0.15, 0.2) is 12.1 Å². The Morgan fingerprint density at radius 1 is 1.43 bits per heavy atom. The van der Waals surface area contributed by atoms with Crippen molar-refractivity contribution in [2.45, 2.75) is 26.0 Å². The zero-order valence-electron chi connectivity index (χ0n) is 8.16. The van der Waals surface area contributed by atoms with Gasteiger partial charge in [-0.3, -0.25) is 0 Å². The number of rotatable bonds is 2. The summed E-state index contributed by atoms with van der Waals surface area (Å²) in [4.78, 5) is 0. The normalized spacial score (nSPS) is 15.2. The predicted molar refractivity (Wildman–Crippen MR) is 51.4 cm³/mol. The van der Waals surface area contributed by atoms with Crippen LogP contribution in [0.2, 0.25) is 0 Å². The predicted octanol–water partition coefficient (Wildman–Crippen LogP) is 1.22. The fourth-order valence-electron chi connectivity index (χ4n) is 1.21. The molecule has 0 radical (unpaired) electrons. The summed E-state index contributed by atoms with van der Waals surface area (Å²) < 4.78 is 13.2. The Balaban J connectivity index is 3.17. The Bertz CT molecular complexity index is 339. The van der Waals surface area contributed by atoms with Gasteiger partial charge in [0.05, 0.1) is 12.1 Å². The highest BCUT2D eigenvalue weighted by Crippen LogP contribution is 2.29. The van der Waals surface area contributed by atoms with Gasteiger partial charge in [0.1, 0.15) is 0 Å². The van der Waals surface area contributed by atoms with E-state index in [-0.39, 0.29) is 5.56 Å². The molecule has 0 aliphatic rings. The molecule has 0 saturated heterocycles. The molecule has 0 aromatic heterocycles. The molecular weight excluding hydrogens is 185 g/mol. The molecule has 0 fully saturated rings. The Morgan fingerprint density at radius 2 is 2.00 bits per heavy atom. The lowest BCUT2D eigenvalue weighted by atomic mass is 10.0. The second-order valence-corrected chi connectivity index (χ2v) is 3.40. The zero-order chi connectivity index (χ0) is 10.9. The Kier molecular flexibility index (Phi) is 3.08. The van der Waals surface area contributed by atoms with E-state index in [0.717, 1.165) is 0 Å². The van der Waals surface area contributed by atoms with E-state index in [1.54, 1.807) is 6.92 Å². The summed E-state index contributed by atoms with van der Waals surface area (Å²) in [6.45, 7) is 3.04. The molecule has 1 aromatic carbocycles. The second kappa shape index (κ2) is 3.94. The van der Waals surface area contributed by atoms with Crippen LogP contribution in [0.3, 0.4) is 0 Å². The number of benzene rings is 1. The lowest BCUT2D eigenvalue weighted by molar-refractivity contribution is 0.162. The van der Waals surface area contributed by atoms with E-state index in [1.165, 1.54) is 19.1 Å². The summed E-state index contributed by atoms with van der Waals surface area (Å²) in [6.07, 6.45) is -0.831. The Hall–Kier alpha value is -1.13. The monoisotopic (exact) mass is 199 g/mol. The van der Waals surface area contributed by atoms with Crippen molar-refractivity contribution in [3.8, 4) is 5.75 Å². The van der Waals surface area contributed by atoms with Gasteiger partial charge in [0.2, 0.25) is 0 Å². The van der Waals surface area contributed by atoms with Crippen molar-refractivity contribution in [3.05, 3.63) is 29.1 Å². The smallest absolute Gasteiger partial charge is 0.168 e. The van der Waals surface area contributed by atoms with Crippen LogP contribution in [0.25, 0.3) is 0 Å². The van der Waals surface area contributed by atoms with Gasteiger partial charge >= 0.3 is 0 Å². The number of halogens is 1. The van der Waals surface area contributed by atoms with Crippen LogP contribution >= 0.6 is 0 Å². The number of aliphatic hydroxyl groups is 1. The van der Waals surface area contributed by atoms with E-state index in [4.69, 9.17) is 5.73 Å². The average molecular weight is 199 g/mol. The maximum absolute atomic E-state index is 13.2. The molecule has 0 bridgehead atoms. The third kappa shape index (κ3) is 1.86. The third-order valence-corrected chi connectivity index (χ3v) is 2.22. The fourth-order valence-corrected chi connectivity index (χ4v) is 1.21. The van der Waals surface area contributed by atoms with Crippen LogP contribution in [-0.2, 0) is 0 Å². The number of aliphatic hydroxyl groups excluding tert-OH is 1. The molecule has 2 atom stereocenters. The van der Waals surface area contributed by atoms with E-state index >= 15 is 0 Å². The number of phenols is 1. The quantitative estimate of drug-likeness (QED) is 0.671. The fraction of sp³-hybridized carbons (Fsp3) is 0.400. The van der Waals surface area contributed by atoms with Crippen molar-refractivity contribution in [2.24, 2.45) is 5.73 Å². The molecular formula is C10H14FNO2. The van der Waals surface area contributed by atoms with Gasteiger partial charge < -0.3 is 15.9 Å². The maximum Gasteiger partial charge on any atom is 0.168 e. The van der Waals surface area contributed by atoms with Gasteiger partial charge in [0.25, 0.3) is 0 Å². The molecule has 0 aliphatic carbocycles. The molecule has 0 aliphatic heterocycles. The first-order valence-electron chi connectivity index (χ1n) is 4.36. The highest BCUT2D eigenvalue weighted by Gasteiger charge is 2.19. The van der Waals surface area contributed by atoms with Crippen LogP contribution in [0, 0.1) is 12.7 Å². The van der Waals surface area contributed by atoms with Crippen molar-refractivity contribution < 1.29 is 14.6 Å².